The van der Waals surface area contributed by atoms with Crippen LogP contribution >= 0.6 is 27.3 Å². The molecule has 6 heteroatoms. The molecule has 0 bridgehead atoms. The Morgan fingerprint density at radius 2 is 2.26 bits per heavy atom. The highest BCUT2D eigenvalue weighted by atomic mass is 79.9. The Bertz CT molecular complexity index is 539. The van der Waals surface area contributed by atoms with E-state index in [1.807, 2.05) is 39.0 Å². The van der Waals surface area contributed by atoms with Crippen LogP contribution in [0, 0.1) is 0 Å². The number of fused-ring (bicyclic) bond motifs is 1. The van der Waals surface area contributed by atoms with Gasteiger partial charge in [0.2, 0.25) is 0 Å². The summed E-state index contributed by atoms with van der Waals surface area (Å²) in [4.78, 5) is 13.2. The van der Waals surface area contributed by atoms with E-state index in [0.29, 0.717) is 6.04 Å². The highest BCUT2D eigenvalue weighted by Crippen LogP contribution is 2.37. The number of amides is 1. The molecule has 1 amide bonds. The van der Waals surface area contributed by atoms with Crippen molar-refractivity contribution < 1.29 is 9.53 Å². The van der Waals surface area contributed by atoms with E-state index in [2.05, 4.69) is 32.6 Å². The van der Waals surface area contributed by atoms with Crippen LogP contribution < -0.4 is 10.6 Å². The Morgan fingerprint density at radius 3 is 2.96 bits per heavy atom. The molecule has 2 N–H and O–H groups in total. The fraction of sp³-hybridized carbons (Fsp3) is 0.706. The molecule has 0 aromatic carbocycles. The maximum absolute atomic E-state index is 11.7. The summed E-state index contributed by atoms with van der Waals surface area (Å²) < 4.78 is 6.50. The molecule has 0 saturated carbocycles. The standard InChI is InChI=1S/C17H27BrN2O2S/c1-11(20-16(21)22-17(2,3)4)8-9-19-13-6-5-7-14-12(13)10-15(18)23-14/h10-11,13,19H,5-9H2,1-4H3,(H,20,21). The molecule has 0 fully saturated rings. The van der Waals surface area contributed by atoms with Crippen LogP contribution in [-0.2, 0) is 11.2 Å². The van der Waals surface area contributed by atoms with Gasteiger partial charge in [0.25, 0.3) is 0 Å². The van der Waals surface area contributed by atoms with Gasteiger partial charge < -0.3 is 15.4 Å². The maximum atomic E-state index is 11.7. The Kier molecular flexibility index (Phi) is 6.51. The maximum Gasteiger partial charge on any atom is 0.407 e. The number of nitrogens with one attached hydrogen (secondary N) is 2. The van der Waals surface area contributed by atoms with Crippen molar-refractivity contribution in [2.75, 3.05) is 6.54 Å². The molecule has 0 radical (unpaired) electrons. The molecule has 1 aromatic rings. The lowest BCUT2D eigenvalue weighted by Gasteiger charge is -2.25. The third-order valence-electron chi connectivity index (χ3n) is 3.81. The van der Waals surface area contributed by atoms with E-state index < -0.39 is 5.60 Å². The zero-order chi connectivity index (χ0) is 17.0. The lowest BCUT2D eigenvalue weighted by atomic mass is 9.94. The molecule has 130 valence electrons. The van der Waals surface area contributed by atoms with E-state index in [-0.39, 0.29) is 12.1 Å². The van der Waals surface area contributed by atoms with Crippen molar-refractivity contribution in [3.8, 4) is 0 Å². The predicted octanol–water partition coefficient (Wildman–Crippen LogP) is 4.78. The summed E-state index contributed by atoms with van der Waals surface area (Å²) in [6, 6.07) is 2.78. The van der Waals surface area contributed by atoms with Crippen LogP contribution in [0.1, 0.15) is 63.4 Å². The fourth-order valence-electron chi connectivity index (χ4n) is 2.79. The third kappa shape index (κ3) is 6.08. The average Bonchev–Trinajstić information content (AvgIpc) is 2.77. The smallest absolute Gasteiger partial charge is 0.407 e. The van der Waals surface area contributed by atoms with Crippen LogP contribution in [0.5, 0.6) is 0 Å². The number of carbonyl (C=O) groups excluding carboxylic acids is 1. The number of rotatable bonds is 5. The molecule has 2 unspecified atom stereocenters. The van der Waals surface area contributed by atoms with Crippen molar-refractivity contribution in [3.05, 3.63) is 20.3 Å². The van der Waals surface area contributed by atoms with Crippen LogP contribution in [0.4, 0.5) is 4.79 Å². The van der Waals surface area contributed by atoms with E-state index in [0.717, 1.165) is 13.0 Å². The molecule has 0 aliphatic heterocycles. The van der Waals surface area contributed by atoms with E-state index in [9.17, 15) is 4.79 Å². The van der Waals surface area contributed by atoms with E-state index in [1.165, 1.54) is 33.5 Å². The monoisotopic (exact) mass is 402 g/mol. The molecular weight excluding hydrogens is 376 g/mol. The Morgan fingerprint density at radius 1 is 1.52 bits per heavy atom. The van der Waals surface area contributed by atoms with Crippen molar-refractivity contribution in [2.24, 2.45) is 0 Å². The van der Waals surface area contributed by atoms with Crippen molar-refractivity contribution >= 4 is 33.4 Å². The molecular formula is C17H27BrN2O2S. The molecule has 2 atom stereocenters. The van der Waals surface area contributed by atoms with Gasteiger partial charge in [0.1, 0.15) is 5.60 Å². The van der Waals surface area contributed by atoms with Gasteiger partial charge in [-0.05, 0) is 87.5 Å². The van der Waals surface area contributed by atoms with Crippen LogP contribution in [0.25, 0.3) is 0 Å². The first-order valence-corrected chi connectivity index (χ1v) is 9.86. The predicted molar refractivity (Wildman–Crippen MR) is 99.1 cm³/mol. The van der Waals surface area contributed by atoms with Crippen molar-refractivity contribution in [1.82, 2.24) is 10.6 Å². The van der Waals surface area contributed by atoms with Gasteiger partial charge in [0.15, 0.2) is 0 Å². The van der Waals surface area contributed by atoms with Gasteiger partial charge in [-0.3, -0.25) is 0 Å². The second kappa shape index (κ2) is 7.99. The largest absolute Gasteiger partial charge is 0.444 e. The number of ether oxygens (including phenoxy) is 1. The van der Waals surface area contributed by atoms with Gasteiger partial charge in [-0.2, -0.15) is 0 Å². The zero-order valence-electron chi connectivity index (χ0n) is 14.4. The van der Waals surface area contributed by atoms with Gasteiger partial charge >= 0.3 is 6.09 Å². The number of alkyl carbamates (subject to hydrolysis) is 1. The Balaban J connectivity index is 1.74. The van der Waals surface area contributed by atoms with Gasteiger partial charge in [-0.1, -0.05) is 0 Å². The number of thiophene rings is 1. The second-order valence-corrected chi connectivity index (χ2v) is 9.68. The Hall–Kier alpha value is -0.590. The minimum atomic E-state index is -0.452. The molecule has 0 saturated heterocycles. The summed E-state index contributed by atoms with van der Waals surface area (Å²) in [5.74, 6) is 0. The van der Waals surface area contributed by atoms with Gasteiger partial charge in [0, 0.05) is 17.0 Å². The van der Waals surface area contributed by atoms with E-state index in [4.69, 9.17) is 4.74 Å². The average molecular weight is 403 g/mol. The fourth-order valence-corrected chi connectivity index (χ4v) is 4.61. The van der Waals surface area contributed by atoms with Crippen LogP contribution in [-0.4, -0.2) is 24.3 Å². The third-order valence-corrected chi connectivity index (χ3v) is 5.53. The minimum Gasteiger partial charge on any atom is -0.444 e. The first-order valence-electron chi connectivity index (χ1n) is 8.25. The first-order chi connectivity index (χ1) is 10.7. The summed E-state index contributed by atoms with van der Waals surface area (Å²) in [5.41, 5.74) is 0.994. The summed E-state index contributed by atoms with van der Waals surface area (Å²) in [5, 5.41) is 6.53. The van der Waals surface area contributed by atoms with Crippen molar-refractivity contribution in [2.45, 2.75) is 71.1 Å². The molecule has 1 aliphatic rings. The first kappa shape index (κ1) is 18.7. The summed E-state index contributed by atoms with van der Waals surface area (Å²) in [6.07, 6.45) is 4.16. The lowest BCUT2D eigenvalue weighted by Crippen LogP contribution is -2.39. The topological polar surface area (TPSA) is 50.4 Å². The SMILES string of the molecule is CC(CCNC1CCCc2sc(Br)cc21)NC(=O)OC(C)(C)C. The molecule has 23 heavy (non-hydrogen) atoms. The van der Waals surface area contributed by atoms with Crippen molar-refractivity contribution in [3.63, 3.8) is 0 Å². The van der Waals surface area contributed by atoms with Crippen molar-refractivity contribution in [1.29, 1.82) is 0 Å². The van der Waals surface area contributed by atoms with Gasteiger partial charge in [-0.25, -0.2) is 4.79 Å². The number of halogens is 1. The van der Waals surface area contributed by atoms with Gasteiger partial charge in [0.05, 0.1) is 3.79 Å². The summed E-state index contributed by atoms with van der Waals surface area (Å²) in [7, 11) is 0. The number of hydrogen-bond acceptors (Lipinski definition) is 4. The lowest BCUT2D eigenvalue weighted by molar-refractivity contribution is 0.0506. The van der Waals surface area contributed by atoms with E-state index in [1.54, 1.807) is 0 Å². The quantitative estimate of drug-likeness (QED) is 0.744. The van der Waals surface area contributed by atoms with Crippen LogP contribution in [0.2, 0.25) is 0 Å². The second-order valence-electron chi connectivity index (χ2n) is 7.16. The number of aryl methyl sites for hydroxylation is 1. The van der Waals surface area contributed by atoms with Gasteiger partial charge in [-0.15, -0.1) is 11.3 Å². The summed E-state index contributed by atoms with van der Waals surface area (Å²) in [6.45, 7) is 8.52. The molecule has 4 nitrogen and oxygen atoms in total. The molecule has 1 heterocycles. The molecule has 1 aromatic heterocycles. The zero-order valence-corrected chi connectivity index (χ0v) is 16.8. The number of carbonyl (C=O) groups is 1. The molecule has 1 aliphatic carbocycles. The van der Waals surface area contributed by atoms with Crippen LogP contribution in [0.15, 0.2) is 9.85 Å². The normalized spacial score (nSPS) is 19.1. The summed E-state index contributed by atoms with van der Waals surface area (Å²) >= 11 is 5.44. The van der Waals surface area contributed by atoms with Crippen LogP contribution in [0.3, 0.4) is 0 Å². The number of hydrogen-bond donors (Lipinski definition) is 2. The Labute approximate surface area is 151 Å². The molecule has 0 spiro atoms. The minimum absolute atomic E-state index is 0.0922. The highest BCUT2D eigenvalue weighted by molar-refractivity contribution is 9.11. The highest BCUT2D eigenvalue weighted by Gasteiger charge is 2.22. The molecule has 2 rings (SSSR count). The van der Waals surface area contributed by atoms with E-state index >= 15 is 0 Å².